The Hall–Kier alpha value is -1.35. The minimum Gasteiger partial charge on any atom is -0.354 e. The molecule has 2 aromatic rings. The quantitative estimate of drug-likeness (QED) is 0.911. The zero-order valence-corrected chi connectivity index (χ0v) is 10.7. The number of nitrogens with one attached hydrogen (secondary N) is 1. The fraction of sp³-hybridized carbons (Fsp3) is 0.154. The van der Waals surface area contributed by atoms with Crippen LogP contribution in [0.5, 0.6) is 0 Å². The van der Waals surface area contributed by atoms with E-state index in [9.17, 15) is 0 Å². The first-order chi connectivity index (χ1) is 7.78. The zero-order valence-electron chi connectivity index (χ0n) is 9.07. The van der Waals surface area contributed by atoms with Crippen LogP contribution in [0, 0.1) is 0 Å². The Kier molecular flexibility index (Phi) is 3.57. The van der Waals surface area contributed by atoms with Gasteiger partial charge in [-0.25, -0.2) is 0 Å². The third-order valence-corrected chi connectivity index (χ3v) is 2.79. The highest BCUT2D eigenvalue weighted by molar-refractivity contribution is 9.10. The van der Waals surface area contributed by atoms with Gasteiger partial charge in [0.2, 0.25) is 0 Å². The molecule has 0 bridgehead atoms. The van der Waals surface area contributed by atoms with E-state index in [0.29, 0.717) is 0 Å². The van der Waals surface area contributed by atoms with E-state index in [1.54, 1.807) is 12.4 Å². The summed E-state index contributed by atoms with van der Waals surface area (Å²) in [5, 5.41) is 3.30. The van der Waals surface area contributed by atoms with Crippen LogP contribution in [-0.2, 0) is 6.42 Å². The van der Waals surface area contributed by atoms with E-state index >= 15 is 0 Å². The van der Waals surface area contributed by atoms with E-state index in [1.165, 1.54) is 5.56 Å². The van der Waals surface area contributed by atoms with Gasteiger partial charge in [0.05, 0.1) is 11.9 Å². The van der Waals surface area contributed by atoms with Gasteiger partial charge in [0, 0.05) is 16.4 Å². The minimum atomic E-state index is 0.975. The molecule has 0 aliphatic rings. The van der Waals surface area contributed by atoms with Crippen molar-refractivity contribution in [3.05, 3.63) is 52.8 Å². The van der Waals surface area contributed by atoms with Gasteiger partial charge in [-0.3, -0.25) is 4.98 Å². The average Bonchev–Trinajstić information content (AvgIpc) is 2.30. The summed E-state index contributed by atoms with van der Waals surface area (Å²) < 4.78 is 0.975. The first kappa shape index (κ1) is 11.1. The Balaban J connectivity index is 2.14. The fourth-order valence-electron chi connectivity index (χ4n) is 1.47. The van der Waals surface area contributed by atoms with Gasteiger partial charge >= 0.3 is 0 Å². The maximum absolute atomic E-state index is 4.10. The molecule has 0 atom stereocenters. The Morgan fingerprint density at radius 2 is 1.88 bits per heavy atom. The molecule has 1 aromatic heterocycles. The molecule has 0 aliphatic carbocycles. The largest absolute Gasteiger partial charge is 0.354 e. The van der Waals surface area contributed by atoms with Gasteiger partial charge < -0.3 is 5.32 Å². The van der Waals surface area contributed by atoms with Gasteiger partial charge in [-0.05, 0) is 46.1 Å². The summed E-state index contributed by atoms with van der Waals surface area (Å²) >= 11 is 3.40. The number of nitrogens with zero attached hydrogens (tertiary/aromatic N) is 1. The van der Waals surface area contributed by atoms with E-state index in [0.717, 1.165) is 22.3 Å². The molecule has 0 spiro atoms. The van der Waals surface area contributed by atoms with Crippen molar-refractivity contribution < 1.29 is 0 Å². The van der Waals surface area contributed by atoms with Crippen LogP contribution in [0.3, 0.4) is 0 Å². The molecule has 2 nitrogen and oxygen atoms in total. The highest BCUT2D eigenvalue weighted by atomic mass is 79.9. The Bertz CT molecular complexity index is 466. The molecule has 0 radical (unpaired) electrons. The number of aromatic nitrogens is 1. The summed E-state index contributed by atoms with van der Waals surface area (Å²) in [6.45, 7) is 2.15. The van der Waals surface area contributed by atoms with Crippen LogP contribution >= 0.6 is 15.9 Å². The van der Waals surface area contributed by atoms with Crippen LogP contribution in [0.4, 0.5) is 11.4 Å². The van der Waals surface area contributed by atoms with E-state index in [1.807, 2.05) is 6.07 Å². The monoisotopic (exact) mass is 276 g/mol. The summed E-state index contributed by atoms with van der Waals surface area (Å²) in [5.41, 5.74) is 3.41. The minimum absolute atomic E-state index is 0.975. The van der Waals surface area contributed by atoms with Gasteiger partial charge in [0.15, 0.2) is 0 Å². The SMILES string of the molecule is CCc1ccc(Nc2cncc(Br)c2)cc1. The van der Waals surface area contributed by atoms with Crippen LogP contribution in [0.15, 0.2) is 47.2 Å². The predicted molar refractivity (Wildman–Crippen MR) is 71.0 cm³/mol. The number of rotatable bonds is 3. The third kappa shape index (κ3) is 2.83. The molecule has 0 fully saturated rings. The number of hydrogen-bond acceptors (Lipinski definition) is 2. The van der Waals surface area contributed by atoms with Crippen molar-refractivity contribution in [2.45, 2.75) is 13.3 Å². The van der Waals surface area contributed by atoms with E-state index < -0.39 is 0 Å². The topological polar surface area (TPSA) is 24.9 Å². The molecule has 0 unspecified atom stereocenters. The number of aryl methyl sites for hydroxylation is 1. The van der Waals surface area contributed by atoms with Crippen molar-refractivity contribution in [2.24, 2.45) is 0 Å². The molecule has 1 N–H and O–H groups in total. The van der Waals surface area contributed by atoms with Gasteiger partial charge in [0.25, 0.3) is 0 Å². The highest BCUT2D eigenvalue weighted by Crippen LogP contribution is 2.19. The smallest absolute Gasteiger partial charge is 0.0582 e. The number of halogens is 1. The van der Waals surface area contributed by atoms with Crippen molar-refractivity contribution in [1.82, 2.24) is 4.98 Å². The van der Waals surface area contributed by atoms with Crippen LogP contribution in [-0.4, -0.2) is 4.98 Å². The number of benzene rings is 1. The summed E-state index contributed by atoms with van der Waals surface area (Å²) in [7, 11) is 0. The average molecular weight is 277 g/mol. The van der Waals surface area contributed by atoms with Gasteiger partial charge in [-0.2, -0.15) is 0 Å². The molecule has 1 aromatic carbocycles. The lowest BCUT2D eigenvalue weighted by molar-refractivity contribution is 1.14. The molecule has 1 heterocycles. The summed E-state index contributed by atoms with van der Waals surface area (Å²) in [5.74, 6) is 0. The standard InChI is InChI=1S/C13H13BrN2/c1-2-10-3-5-12(6-4-10)16-13-7-11(14)8-15-9-13/h3-9,16H,2H2,1H3. The van der Waals surface area contributed by atoms with Crippen molar-refractivity contribution in [2.75, 3.05) is 5.32 Å². The number of pyridine rings is 1. The Labute approximate surface area is 104 Å². The normalized spacial score (nSPS) is 10.1. The predicted octanol–water partition coefficient (Wildman–Crippen LogP) is 4.15. The third-order valence-electron chi connectivity index (χ3n) is 2.36. The van der Waals surface area contributed by atoms with Gasteiger partial charge in [-0.15, -0.1) is 0 Å². The molecular weight excluding hydrogens is 264 g/mol. The molecule has 0 saturated heterocycles. The Morgan fingerprint density at radius 1 is 1.12 bits per heavy atom. The lowest BCUT2D eigenvalue weighted by Gasteiger charge is -2.06. The number of anilines is 2. The van der Waals surface area contributed by atoms with Crippen molar-refractivity contribution >= 4 is 27.3 Å². The first-order valence-corrected chi connectivity index (χ1v) is 6.04. The fourth-order valence-corrected chi connectivity index (χ4v) is 1.84. The molecule has 0 amide bonds. The molecule has 16 heavy (non-hydrogen) atoms. The highest BCUT2D eigenvalue weighted by Gasteiger charge is 1.96. The lowest BCUT2D eigenvalue weighted by atomic mass is 10.1. The zero-order chi connectivity index (χ0) is 11.4. The second kappa shape index (κ2) is 5.12. The van der Waals surface area contributed by atoms with Crippen LogP contribution in [0.1, 0.15) is 12.5 Å². The molecule has 82 valence electrons. The van der Waals surface area contributed by atoms with Crippen LogP contribution in [0.25, 0.3) is 0 Å². The van der Waals surface area contributed by atoms with Crippen molar-refractivity contribution in [3.63, 3.8) is 0 Å². The summed E-state index contributed by atoms with van der Waals surface area (Å²) in [6.07, 6.45) is 4.64. The van der Waals surface area contributed by atoms with Crippen molar-refractivity contribution in [3.8, 4) is 0 Å². The molecule has 3 heteroatoms. The lowest BCUT2D eigenvalue weighted by Crippen LogP contribution is -1.91. The molecule has 0 aliphatic heterocycles. The van der Waals surface area contributed by atoms with Crippen LogP contribution < -0.4 is 5.32 Å². The Morgan fingerprint density at radius 3 is 2.50 bits per heavy atom. The van der Waals surface area contributed by atoms with E-state index in [4.69, 9.17) is 0 Å². The van der Waals surface area contributed by atoms with E-state index in [-0.39, 0.29) is 0 Å². The van der Waals surface area contributed by atoms with Gasteiger partial charge in [0.1, 0.15) is 0 Å². The molecular formula is C13H13BrN2. The first-order valence-electron chi connectivity index (χ1n) is 5.24. The van der Waals surface area contributed by atoms with E-state index in [2.05, 4.69) is 57.4 Å². The summed E-state index contributed by atoms with van der Waals surface area (Å²) in [4.78, 5) is 4.10. The second-order valence-electron chi connectivity index (χ2n) is 3.57. The van der Waals surface area contributed by atoms with Gasteiger partial charge in [-0.1, -0.05) is 19.1 Å². The molecule has 0 saturated carbocycles. The number of hydrogen-bond donors (Lipinski definition) is 1. The maximum atomic E-state index is 4.10. The maximum Gasteiger partial charge on any atom is 0.0582 e. The van der Waals surface area contributed by atoms with Crippen molar-refractivity contribution in [1.29, 1.82) is 0 Å². The molecule has 2 rings (SSSR count). The van der Waals surface area contributed by atoms with Crippen LogP contribution in [0.2, 0.25) is 0 Å². The summed E-state index contributed by atoms with van der Waals surface area (Å²) in [6, 6.07) is 10.4. The second-order valence-corrected chi connectivity index (χ2v) is 4.48.